The van der Waals surface area contributed by atoms with Crippen molar-refractivity contribution in [2.75, 3.05) is 13.2 Å². The molecule has 1 amide bonds. The number of nitro groups is 1. The Hall–Kier alpha value is -2.41. The lowest BCUT2D eigenvalue weighted by molar-refractivity contribution is -0.384. The van der Waals surface area contributed by atoms with Crippen molar-refractivity contribution in [1.29, 1.82) is 0 Å². The number of benzene rings is 1. The third kappa shape index (κ3) is 5.96. The number of nitrogens with zero attached hydrogens (tertiary/aromatic N) is 1. The van der Waals surface area contributed by atoms with E-state index >= 15 is 0 Å². The highest BCUT2D eigenvalue weighted by Gasteiger charge is 2.06. The molecule has 108 valence electrons. The molecule has 1 rings (SSSR count). The molecule has 0 aromatic heterocycles. The van der Waals surface area contributed by atoms with Gasteiger partial charge in [-0.3, -0.25) is 19.7 Å². The molecule has 1 aromatic carbocycles. The molecule has 0 aliphatic heterocycles. The second-order valence-electron chi connectivity index (χ2n) is 4.16. The number of non-ortho nitro benzene ring substituents is 1. The maximum atomic E-state index is 11.3. The van der Waals surface area contributed by atoms with E-state index in [1.54, 1.807) is 0 Å². The van der Waals surface area contributed by atoms with Crippen LogP contribution in [0, 0.1) is 10.1 Å². The molecule has 1 N–H and O–H groups in total. The lowest BCUT2D eigenvalue weighted by Crippen LogP contribution is -2.29. The molecular formula is C13H16N2O5. The van der Waals surface area contributed by atoms with Crippen LogP contribution in [-0.2, 0) is 9.63 Å². The van der Waals surface area contributed by atoms with Crippen LogP contribution in [0.25, 0.3) is 0 Å². The summed E-state index contributed by atoms with van der Waals surface area (Å²) in [4.78, 5) is 26.2. The zero-order valence-electron chi connectivity index (χ0n) is 11.3. The summed E-state index contributed by atoms with van der Waals surface area (Å²) < 4.78 is 5.15. The van der Waals surface area contributed by atoms with Crippen molar-refractivity contribution in [3.05, 3.63) is 46.0 Å². The number of amides is 1. The van der Waals surface area contributed by atoms with Gasteiger partial charge in [-0.25, -0.2) is 5.48 Å². The highest BCUT2D eigenvalue weighted by Crippen LogP contribution is 2.16. The summed E-state index contributed by atoms with van der Waals surface area (Å²) in [5, 5.41) is 10.5. The quantitative estimate of drug-likeness (QED) is 0.357. The number of rotatable bonds is 7. The molecule has 0 aliphatic carbocycles. The van der Waals surface area contributed by atoms with Crippen LogP contribution in [0.5, 0.6) is 5.75 Å². The van der Waals surface area contributed by atoms with Gasteiger partial charge in [0.2, 0.25) is 0 Å². The number of nitrogens with one attached hydrogen (secondary N) is 1. The Morgan fingerprint density at radius 1 is 1.35 bits per heavy atom. The molecule has 7 nitrogen and oxygen atoms in total. The molecule has 1 aromatic rings. The van der Waals surface area contributed by atoms with Gasteiger partial charge in [-0.1, -0.05) is 11.6 Å². The van der Waals surface area contributed by atoms with E-state index in [1.165, 1.54) is 24.3 Å². The Balaban J connectivity index is 2.30. The van der Waals surface area contributed by atoms with Crippen LogP contribution in [0.4, 0.5) is 5.69 Å². The SMILES string of the molecule is CC(C)=CCONC(=O)COc1ccc([N+](=O)[O-])cc1. The number of allylic oxidation sites excluding steroid dienone is 1. The molecule has 0 bridgehead atoms. The standard InChI is InChI=1S/C13H16N2O5/c1-10(2)7-8-20-14-13(16)9-19-12-5-3-11(4-6-12)15(17)18/h3-7H,8-9H2,1-2H3,(H,14,16). The fraction of sp³-hybridized carbons (Fsp3) is 0.308. The maximum absolute atomic E-state index is 11.3. The second-order valence-corrected chi connectivity index (χ2v) is 4.16. The van der Waals surface area contributed by atoms with Crippen LogP contribution >= 0.6 is 0 Å². The van der Waals surface area contributed by atoms with E-state index < -0.39 is 10.8 Å². The van der Waals surface area contributed by atoms with E-state index in [2.05, 4.69) is 5.48 Å². The van der Waals surface area contributed by atoms with Crippen LogP contribution in [0.3, 0.4) is 0 Å². The van der Waals surface area contributed by atoms with Crippen molar-refractivity contribution in [3.8, 4) is 5.75 Å². The van der Waals surface area contributed by atoms with Crippen LogP contribution in [0.2, 0.25) is 0 Å². The molecular weight excluding hydrogens is 264 g/mol. The minimum atomic E-state index is -0.506. The van der Waals surface area contributed by atoms with Gasteiger partial charge in [-0.2, -0.15) is 0 Å². The van der Waals surface area contributed by atoms with Gasteiger partial charge in [-0.05, 0) is 26.0 Å². The Kier molecular flexibility index (Phi) is 6.18. The van der Waals surface area contributed by atoms with Gasteiger partial charge in [-0.15, -0.1) is 0 Å². The summed E-state index contributed by atoms with van der Waals surface area (Å²) in [6, 6.07) is 5.46. The van der Waals surface area contributed by atoms with Crippen molar-refractivity contribution < 1.29 is 19.3 Å². The zero-order chi connectivity index (χ0) is 15.0. The zero-order valence-corrected chi connectivity index (χ0v) is 11.3. The van der Waals surface area contributed by atoms with Crippen molar-refractivity contribution in [2.24, 2.45) is 0 Å². The highest BCUT2D eigenvalue weighted by molar-refractivity contribution is 5.76. The third-order valence-electron chi connectivity index (χ3n) is 2.18. The van der Waals surface area contributed by atoms with Crippen LogP contribution < -0.4 is 10.2 Å². The summed E-state index contributed by atoms with van der Waals surface area (Å²) in [5.41, 5.74) is 3.27. The van der Waals surface area contributed by atoms with Gasteiger partial charge in [0.25, 0.3) is 11.6 Å². The lowest BCUT2D eigenvalue weighted by Gasteiger charge is -2.06. The van der Waals surface area contributed by atoms with E-state index in [4.69, 9.17) is 9.57 Å². The average Bonchev–Trinajstić information content (AvgIpc) is 2.41. The Morgan fingerprint density at radius 2 is 2.00 bits per heavy atom. The number of hydroxylamine groups is 1. The van der Waals surface area contributed by atoms with Crippen molar-refractivity contribution >= 4 is 11.6 Å². The fourth-order valence-electron chi connectivity index (χ4n) is 1.17. The van der Waals surface area contributed by atoms with E-state index in [9.17, 15) is 14.9 Å². The lowest BCUT2D eigenvalue weighted by atomic mass is 10.3. The predicted octanol–water partition coefficient (Wildman–Crippen LogP) is 1.99. The number of ether oxygens (including phenoxy) is 1. The third-order valence-corrected chi connectivity index (χ3v) is 2.18. The van der Waals surface area contributed by atoms with Gasteiger partial charge in [0.15, 0.2) is 6.61 Å². The number of carbonyl (C=O) groups excluding carboxylic acids is 1. The average molecular weight is 280 g/mol. The molecule has 0 spiro atoms. The maximum Gasteiger partial charge on any atom is 0.281 e. The number of hydrogen-bond acceptors (Lipinski definition) is 5. The molecule has 0 aliphatic rings. The topological polar surface area (TPSA) is 90.7 Å². The molecule has 0 fully saturated rings. The summed E-state index contributed by atoms with van der Waals surface area (Å²) in [5.74, 6) is -0.0689. The number of carbonyl (C=O) groups is 1. The number of hydrogen-bond donors (Lipinski definition) is 1. The predicted molar refractivity (Wildman–Crippen MR) is 72.1 cm³/mol. The second kappa shape index (κ2) is 7.90. The molecule has 0 radical (unpaired) electrons. The first-order valence-corrected chi connectivity index (χ1v) is 5.90. The summed E-state index contributed by atoms with van der Waals surface area (Å²) >= 11 is 0. The van der Waals surface area contributed by atoms with Gasteiger partial charge in [0.1, 0.15) is 5.75 Å². The smallest absolute Gasteiger partial charge is 0.281 e. The highest BCUT2D eigenvalue weighted by atomic mass is 16.7. The van der Waals surface area contributed by atoms with Gasteiger partial charge < -0.3 is 4.74 Å². The Bertz CT molecular complexity index is 492. The van der Waals surface area contributed by atoms with Gasteiger partial charge in [0.05, 0.1) is 11.5 Å². The van der Waals surface area contributed by atoms with E-state index in [0.717, 1.165) is 5.57 Å². The number of nitro benzene ring substituents is 1. The molecule has 0 unspecified atom stereocenters. The largest absolute Gasteiger partial charge is 0.484 e. The molecule has 7 heteroatoms. The molecule has 0 heterocycles. The van der Waals surface area contributed by atoms with Crippen molar-refractivity contribution in [2.45, 2.75) is 13.8 Å². The van der Waals surface area contributed by atoms with Crippen LogP contribution in [0.1, 0.15) is 13.8 Å². The minimum absolute atomic E-state index is 0.0353. The summed E-state index contributed by atoms with van der Waals surface area (Å²) in [7, 11) is 0. The van der Waals surface area contributed by atoms with Crippen LogP contribution in [-0.4, -0.2) is 24.0 Å². The van der Waals surface area contributed by atoms with E-state index in [1.807, 2.05) is 19.9 Å². The molecule has 0 saturated heterocycles. The molecule has 20 heavy (non-hydrogen) atoms. The van der Waals surface area contributed by atoms with E-state index in [-0.39, 0.29) is 18.9 Å². The molecule has 0 saturated carbocycles. The summed E-state index contributed by atoms with van der Waals surface area (Å²) in [6.45, 7) is 3.89. The van der Waals surface area contributed by atoms with Gasteiger partial charge >= 0.3 is 0 Å². The van der Waals surface area contributed by atoms with Crippen LogP contribution in [0.15, 0.2) is 35.9 Å². The first kappa shape index (κ1) is 15.6. The monoisotopic (exact) mass is 280 g/mol. The first-order chi connectivity index (χ1) is 9.49. The summed E-state index contributed by atoms with van der Waals surface area (Å²) in [6.07, 6.45) is 1.82. The molecule has 0 atom stereocenters. The van der Waals surface area contributed by atoms with Crippen molar-refractivity contribution in [1.82, 2.24) is 5.48 Å². The minimum Gasteiger partial charge on any atom is -0.484 e. The Labute approximate surface area is 116 Å². The van der Waals surface area contributed by atoms with E-state index in [0.29, 0.717) is 5.75 Å². The first-order valence-electron chi connectivity index (χ1n) is 5.90. The van der Waals surface area contributed by atoms with Gasteiger partial charge in [0, 0.05) is 12.1 Å². The fourth-order valence-corrected chi connectivity index (χ4v) is 1.17. The normalized spacial score (nSPS) is 9.70. The van der Waals surface area contributed by atoms with Crippen molar-refractivity contribution in [3.63, 3.8) is 0 Å². The Morgan fingerprint density at radius 3 is 2.55 bits per heavy atom.